The molecule has 0 rings (SSSR count). The summed E-state index contributed by atoms with van der Waals surface area (Å²) in [5, 5.41) is 0.750. The van der Waals surface area contributed by atoms with Gasteiger partial charge in [0.2, 0.25) is 0 Å². The Morgan fingerprint density at radius 3 is 2.22 bits per heavy atom. The summed E-state index contributed by atoms with van der Waals surface area (Å²) in [6.07, 6.45) is 0.645. The van der Waals surface area contributed by atoms with Gasteiger partial charge in [0.05, 0.1) is 0 Å². The summed E-state index contributed by atoms with van der Waals surface area (Å²) >= 11 is 0. The Morgan fingerprint density at radius 2 is 2.22 bits per heavy atom. The van der Waals surface area contributed by atoms with E-state index < -0.39 is 7.14 Å². The molecule has 0 fully saturated rings. The van der Waals surface area contributed by atoms with E-state index in [1.54, 1.807) is 6.92 Å². The molecule has 0 bridgehead atoms. The molecule has 0 aromatic carbocycles. The third-order valence-electron chi connectivity index (χ3n) is 1.41. The van der Waals surface area contributed by atoms with Crippen LogP contribution in [0.5, 0.6) is 0 Å². The van der Waals surface area contributed by atoms with Crippen LogP contribution in [-0.4, -0.2) is 6.16 Å². The largest absolute Gasteiger partial charge is 0.315 e. The fourth-order valence-electron chi connectivity index (χ4n) is 0.555. The van der Waals surface area contributed by atoms with E-state index in [4.69, 9.17) is 0 Å². The van der Waals surface area contributed by atoms with Crippen molar-refractivity contribution in [1.82, 2.24) is 0 Å². The molecule has 0 aliphatic rings. The highest BCUT2D eigenvalue weighted by atomic mass is 31.2. The van der Waals surface area contributed by atoms with Crippen LogP contribution in [0.4, 0.5) is 0 Å². The predicted molar refractivity (Wildman–Crippen MR) is 43.2 cm³/mol. The van der Waals surface area contributed by atoms with E-state index in [0.29, 0.717) is 6.16 Å². The minimum atomic E-state index is -2.18. The fraction of sp³-hybridized carbons (Fsp3) is 0.429. The highest BCUT2D eigenvalue weighted by Crippen LogP contribution is 2.53. The Balaban J connectivity index is 4.49. The number of hydrogen-bond acceptors (Lipinski definition) is 1. The van der Waals surface area contributed by atoms with E-state index in [9.17, 15) is 4.57 Å². The Hall–Kier alpha value is -0.290. The van der Waals surface area contributed by atoms with Crippen LogP contribution in [0.2, 0.25) is 0 Å². The first-order chi connectivity index (χ1) is 4.06. The molecular weight excluding hydrogens is 131 g/mol. The van der Waals surface area contributed by atoms with Crippen molar-refractivity contribution >= 4 is 7.14 Å². The molecule has 0 heterocycles. The zero-order chi connectivity index (χ0) is 7.49. The molecule has 1 unspecified atom stereocenters. The molecule has 0 aliphatic heterocycles. The Morgan fingerprint density at radius 1 is 1.78 bits per heavy atom. The molecule has 0 aromatic rings. The van der Waals surface area contributed by atoms with E-state index in [1.165, 1.54) is 5.82 Å². The van der Waals surface area contributed by atoms with Gasteiger partial charge in [-0.3, -0.25) is 0 Å². The van der Waals surface area contributed by atoms with Crippen LogP contribution in [0.15, 0.2) is 24.3 Å². The van der Waals surface area contributed by atoms with Gasteiger partial charge in [-0.15, -0.1) is 0 Å². The van der Waals surface area contributed by atoms with Crippen LogP contribution < -0.4 is 0 Å². The highest BCUT2D eigenvalue weighted by Gasteiger charge is 2.14. The molecule has 0 aliphatic carbocycles. The third kappa shape index (κ3) is 1.83. The monoisotopic (exact) mass is 144 g/mol. The van der Waals surface area contributed by atoms with Crippen molar-refractivity contribution in [3.8, 4) is 0 Å². The normalized spacial score (nSPS) is 16.2. The summed E-state index contributed by atoms with van der Waals surface area (Å²) in [6, 6.07) is 0. The zero-order valence-electron chi connectivity index (χ0n) is 6.05. The molecule has 0 N–H and O–H groups in total. The molecule has 0 saturated carbocycles. The summed E-state index contributed by atoms with van der Waals surface area (Å²) < 4.78 is 11.4. The van der Waals surface area contributed by atoms with Gasteiger partial charge in [-0.05, 0) is 18.1 Å². The van der Waals surface area contributed by atoms with Gasteiger partial charge in [0.15, 0.2) is 0 Å². The van der Waals surface area contributed by atoms with Crippen molar-refractivity contribution in [3.05, 3.63) is 24.3 Å². The van der Waals surface area contributed by atoms with Gasteiger partial charge in [-0.25, -0.2) is 0 Å². The number of allylic oxidation sites excluding steroid dienone is 1. The minimum Gasteiger partial charge on any atom is -0.315 e. The quantitative estimate of drug-likeness (QED) is 0.556. The van der Waals surface area contributed by atoms with Gasteiger partial charge in [0, 0.05) is 6.16 Å². The van der Waals surface area contributed by atoms with Gasteiger partial charge in [0.1, 0.15) is 7.14 Å². The fourth-order valence-corrected chi connectivity index (χ4v) is 1.66. The molecule has 1 atom stereocenters. The van der Waals surface area contributed by atoms with Crippen LogP contribution in [0, 0.1) is 0 Å². The Labute approximate surface area is 56.8 Å². The lowest BCUT2D eigenvalue weighted by Gasteiger charge is -2.08. The standard InChI is InChI=1S/C7H13OP/c1-5-9(8,6-2)7(3)4/h5H,1,3,6H2,2,4H3. The molecular formula is C7H13OP. The van der Waals surface area contributed by atoms with Crippen LogP contribution in [0.3, 0.4) is 0 Å². The van der Waals surface area contributed by atoms with Crippen molar-refractivity contribution in [1.29, 1.82) is 0 Å². The SMILES string of the molecule is C=CP(=O)(CC)C(=C)C. The molecule has 0 saturated heterocycles. The van der Waals surface area contributed by atoms with E-state index in [2.05, 4.69) is 13.2 Å². The van der Waals surface area contributed by atoms with Gasteiger partial charge < -0.3 is 4.57 Å². The molecule has 0 aromatic heterocycles. The molecule has 2 heteroatoms. The Kier molecular flexibility index (Phi) is 2.93. The maximum atomic E-state index is 11.4. The maximum absolute atomic E-state index is 11.4. The maximum Gasteiger partial charge on any atom is 0.130 e. The molecule has 52 valence electrons. The van der Waals surface area contributed by atoms with Crippen molar-refractivity contribution in [2.24, 2.45) is 0 Å². The van der Waals surface area contributed by atoms with Crippen molar-refractivity contribution < 1.29 is 4.57 Å². The lowest BCUT2D eigenvalue weighted by atomic mass is 10.8. The molecule has 0 spiro atoms. The van der Waals surface area contributed by atoms with Crippen molar-refractivity contribution in [2.45, 2.75) is 13.8 Å². The average molecular weight is 144 g/mol. The van der Waals surface area contributed by atoms with Gasteiger partial charge in [-0.1, -0.05) is 20.1 Å². The van der Waals surface area contributed by atoms with Crippen LogP contribution in [-0.2, 0) is 4.57 Å². The van der Waals surface area contributed by atoms with E-state index >= 15 is 0 Å². The van der Waals surface area contributed by atoms with E-state index in [0.717, 1.165) is 5.31 Å². The summed E-state index contributed by atoms with van der Waals surface area (Å²) in [6.45, 7) is 10.8. The lowest BCUT2D eigenvalue weighted by Crippen LogP contribution is -1.80. The van der Waals surface area contributed by atoms with E-state index in [1.807, 2.05) is 6.92 Å². The van der Waals surface area contributed by atoms with Gasteiger partial charge in [0.25, 0.3) is 0 Å². The van der Waals surface area contributed by atoms with Crippen LogP contribution in [0.25, 0.3) is 0 Å². The number of hydrogen-bond donors (Lipinski definition) is 0. The topological polar surface area (TPSA) is 17.1 Å². The second kappa shape index (κ2) is 3.03. The van der Waals surface area contributed by atoms with Crippen molar-refractivity contribution in [3.63, 3.8) is 0 Å². The lowest BCUT2D eigenvalue weighted by molar-refractivity contribution is 0.585. The molecule has 0 amide bonds. The first-order valence-corrected chi connectivity index (χ1v) is 4.91. The second-order valence-electron chi connectivity index (χ2n) is 2.03. The third-order valence-corrected chi connectivity index (χ3v) is 4.23. The summed E-state index contributed by atoms with van der Waals surface area (Å²) in [5.74, 6) is 1.52. The smallest absolute Gasteiger partial charge is 0.130 e. The van der Waals surface area contributed by atoms with Crippen molar-refractivity contribution in [2.75, 3.05) is 6.16 Å². The number of rotatable bonds is 3. The van der Waals surface area contributed by atoms with Crippen LogP contribution in [0.1, 0.15) is 13.8 Å². The second-order valence-corrected chi connectivity index (χ2v) is 5.38. The van der Waals surface area contributed by atoms with Gasteiger partial charge in [-0.2, -0.15) is 0 Å². The molecule has 9 heavy (non-hydrogen) atoms. The van der Waals surface area contributed by atoms with E-state index in [-0.39, 0.29) is 0 Å². The average Bonchev–Trinajstić information content (AvgIpc) is 1.86. The summed E-state index contributed by atoms with van der Waals surface area (Å²) in [4.78, 5) is 0. The zero-order valence-corrected chi connectivity index (χ0v) is 6.95. The summed E-state index contributed by atoms with van der Waals surface area (Å²) in [7, 11) is -2.18. The molecule has 0 radical (unpaired) electrons. The summed E-state index contributed by atoms with van der Waals surface area (Å²) in [5.41, 5.74) is 0. The minimum absolute atomic E-state index is 0.645. The molecule has 1 nitrogen and oxygen atoms in total. The van der Waals surface area contributed by atoms with Crippen LogP contribution >= 0.6 is 7.14 Å². The first kappa shape index (κ1) is 8.71. The first-order valence-electron chi connectivity index (χ1n) is 2.95. The Bertz CT molecular complexity index is 170. The highest BCUT2D eigenvalue weighted by molar-refractivity contribution is 7.71. The predicted octanol–water partition coefficient (Wildman–Crippen LogP) is 3.05. The van der Waals surface area contributed by atoms with Gasteiger partial charge >= 0.3 is 0 Å².